The number of nitrogens with zero attached hydrogens (tertiary/aromatic N) is 3. The number of halogens is 1. The quantitative estimate of drug-likeness (QED) is 0.609. The van der Waals surface area contributed by atoms with Crippen molar-refractivity contribution in [3.8, 4) is 11.4 Å². The number of carbonyl (C=O) groups excluding carboxylic acids is 2. The molecule has 0 radical (unpaired) electrons. The Bertz CT molecular complexity index is 1060. The van der Waals surface area contributed by atoms with Gasteiger partial charge in [0.1, 0.15) is 0 Å². The molecule has 1 saturated heterocycles. The van der Waals surface area contributed by atoms with E-state index >= 15 is 0 Å². The number of amides is 2. The maximum atomic E-state index is 12.9. The first-order chi connectivity index (χ1) is 14.5. The fourth-order valence-electron chi connectivity index (χ4n) is 3.59. The van der Waals surface area contributed by atoms with Gasteiger partial charge in [0, 0.05) is 41.3 Å². The highest BCUT2D eigenvalue weighted by molar-refractivity contribution is 9.10. The van der Waals surface area contributed by atoms with Gasteiger partial charge in [-0.2, -0.15) is 4.98 Å². The average Bonchev–Trinajstić information content (AvgIpc) is 3.24. The molecule has 7 nitrogen and oxygen atoms in total. The molecular weight excluding hydrogens is 448 g/mol. The van der Waals surface area contributed by atoms with Crippen molar-refractivity contribution >= 4 is 33.4 Å². The number of carbonyl (C=O) groups is 2. The van der Waals surface area contributed by atoms with Gasteiger partial charge in [0.05, 0.1) is 5.92 Å². The molecule has 1 aliphatic heterocycles. The van der Waals surface area contributed by atoms with Gasteiger partial charge < -0.3 is 14.7 Å². The zero-order chi connectivity index (χ0) is 21.1. The van der Waals surface area contributed by atoms with Gasteiger partial charge in [-0.25, -0.2) is 0 Å². The van der Waals surface area contributed by atoms with E-state index < -0.39 is 0 Å². The van der Waals surface area contributed by atoms with E-state index in [1.54, 1.807) is 12.1 Å². The minimum atomic E-state index is -0.121. The molecule has 8 heteroatoms. The summed E-state index contributed by atoms with van der Waals surface area (Å²) in [5.74, 6) is 0.936. The molecule has 0 bridgehead atoms. The van der Waals surface area contributed by atoms with Gasteiger partial charge in [-0.05, 0) is 55.3 Å². The summed E-state index contributed by atoms with van der Waals surface area (Å²) >= 11 is 3.42. The predicted molar refractivity (Wildman–Crippen MR) is 116 cm³/mol. The fraction of sp³-hybridized carbons (Fsp3) is 0.273. The third kappa shape index (κ3) is 4.59. The van der Waals surface area contributed by atoms with Crippen LogP contribution in [0.15, 0.2) is 57.5 Å². The van der Waals surface area contributed by atoms with Gasteiger partial charge >= 0.3 is 0 Å². The minimum Gasteiger partial charge on any atom is -0.339 e. The molecule has 2 heterocycles. The molecule has 0 unspecified atom stereocenters. The van der Waals surface area contributed by atoms with Gasteiger partial charge in [0.25, 0.3) is 5.91 Å². The normalized spacial score (nSPS) is 16.3. The number of rotatable bonds is 4. The van der Waals surface area contributed by atoms with Crippen molar-refractivity contribution < 1.29 is 14.1 Å². The van der Waals surface area contributed by atoms with Crippen LogP contribution in [-0.2, 0) is 4.79 Å². The van der Waals surface area contributed by atoms with Crippen LogP contribution in [0.5, 0.6) is 0 Å². The Balaban J connectivity index is 1.46. The number of hydrogen-bond donors (Lipinski definition) is 1. The lowest BCUT2D eigenvalue weighted by Gasteiger charge is -2.31. The summed E-state index contributed by atoms with van der Waals surface area (Å²) < 4.78 is 6.41. The number of benzene rings is 2. The summed E-state index contributed by atoms with van der Waals surface area (Å²) in [6, 6.07) is 14.7. The molecule has 1 N–H and O–H groups in total. The van der Waals surface area contributed by atoms with Gasteiger partial charge in [0.2, 0.25) is 17.6 Å². The molecule has 1 fully saturated rings. The Hall–Kier alpha value is -3.00. The maximum Gasteiger partial charge on any atom is 0.253 e. The van der Waals surface area contributed by atoms with E-state index in [4.69, 9.17) is 4.52 Å². The first kappa shape index (κ1) is 20.3. The van der Waals surface area contributed by atoms with E-state index in [0.29, 0.717) is 36.1 Å². The van der Waals surface area contributed by atoms with E-state index in [1.807, 2.05) is 41.3 Å². The van der Waals surface area contributed by atoms with Crippen molar-refractivity contribution in [3.63, 3.8) is 0 Å². The summed E-state index contributed by atoms with van der Waals surface area (Å²) in [4.78, 5) is 30.4. The van der Waals surface area contributed by atoms with E-state index in [9.17, 15) is 9.59 Å². The Morgan fingerprint density at radius 1 is 1.20 bits per heavy atom. The second kappa shape index (κ2) is 8.79. The van der Waals surface area contributed by atoms with Crippen LogP contribution in [0, 0.1) is 0 Å². The Kier molecular flexibility index (Phi) is 5.94. The highest BCUT2D eigenvalue weighted by Crippen LogP contribution is 2.29. The van der Waals surface area contributed by atoms with E-state index in [-0.39, 0.29) is 17.7 Å². The predicted octanol–water partition coefficient (Wildman–Crippen LogP) is 4.48. The van der Waals surface area contributed by atoms with Crippen molar-refractivity contribution in [2.24, 2.45) is 0 Å². The molecule has 2 aromatic carbocycles. The number of nitrogens with one attached hydrogen (secondary N) is 1. The average molecular weight is 469 g/mol. The van der Waals surface area contributed by atoms with Gasteiger partial charge in [-0.1, -0.05) is 27.2 Å². The summed E-state index contributed by atoms with van der Waals surface area (Å²) in [6.45, 7) is 2.73. The van der Waals surface area contributed by atoms with Crippen LogP contribution < -0.4 is 5.32 Å². The lowest BCUT2D eigenvalue weighted by atomic mass is 9.97. The Morgan fingerprint density at radius 2 is 2.00 bits per heavy atom. The van der Waals surface area contributed by atoms with Crippen molar-refractivity contribution in [2.45, 2.75) is 25.7 Å². The monoisotopic (exact) mass is 468 g/mol. The fourth-order valence-corrected chi connectivity index (χ4v) is 3.99. The largest absolute Gasteiger partial charge is 0.339 e. The van der Waals surface area contributed by atoms with E-state index in [0.717, 1.165) is 22.9 Å². The summed E-state index contributed by atoms with van der Waals surface area (Å²) in [7, 11) is 0. The molecular formula is C22H21BrN4O3. The van der Waals surface area contributed by atoms with Crippen LogP contribution in [0.2, 0.25) is 0 Å². The molecule has 30 heavy (non-hydrogen) atoms. The molecule has 0 spiro atoms. The van der Waals surface area contributed by atoms with Gasteiger partial charge in [-0.15, -0.1) is 0 Å². The number of hydrogen-bond acceptors (Lipinski definition) is 5. The van der Waals surface area contributed by atoms with E-state index in [1.165, 1.54) is 6.92 Å². The second-order valence-corrected chi connectivity index (χ2v) is 8.23. The smallest absolute Gasteiger partial charge is 0.253 e. The van der Waals surface area contributed by atoms with Crippen LogP contribution in [0.4, 0.5) is 5.69 Å². The molecule has 4 rings (SSSR count). The number of piperidine rings is 1. The number of likely N-dealkylation sites (tertiary alicyclic amines) is 1. The van der Waals surface area contributed by atoms with E-state index in [2.05, 4.69) is 31.4 Å². The topological polar surface area (TPSA) is 88.3 Å². The first-order valence-corrected chi connectivity index (χ1v) is 10.6. The summed E-state index contributed by atoms with van der Waals surface area (Å²) in [5.41, 5.74) is 2.18. The molecule has 0 aliphatic carbocycles. The highest BCUT2D eigenvalue weighted by Gasteiger charge is 2.29. The lowest BCUT2D eigenvalue weighted by molar-refractivity contribution is -0.114. The highest BCUT2D eigenvalue weighted by atomic mass is 79.9. The Labute approximate surface area is 182 Å². The van der Waals surface area contributed by atoms with Crippen LogP contribution in [0.1, 0.15) is 41.9 Å². The zero-order valence-corrected chi connectivity index (χ0v) is 18.1. The molecule has 1 aliphatic rings. The molecule has 1 aromatic heterocycles. The molecule has 154 valence electrons. The van der Waals surface area contributed by atoms with Crippen molar-refractivity contribution in [1.29, 1.82) is 0 Å². The van der Waals surface area contributed by atoms with Crippen molar-refractivity contribution in [3.05, 3.63) is 64.5 Å². The molecule has 3 aromatic rings. The first-order valence-electron chi connectivity index (χ1n) is 9.76. The van der Waals surface area contributed by atoms with Crippen LogP contribution >= 0.6 is 15.9 Å². The van der Waals surface area contributed by atoms with Crippen molar-refractivity contribution in [1.82, 2.24) is 15.0 Å². The summed E-state index contributed by atoms with van der Waals surface area (Å²) in [5, 5.41) is 6.84. The third-order valence-electron chi connectivity index (χ3n) is 5.03. The minimum absolute atomic E-state index is 0.00861. The van der Waals surface area contributed by atoms with Crippen molar-refractivity contribution in [2.75, 3.05) is 18.4 Å². The third-order valence-corrected chi connectivity index (χ3v) is 5.53. The molecule has 0 saturated carbocycles. The van der Waals surface area contributed by atoms with Gasteiger partial charge in [-0.3, -0.25) is 9.59 Å². The lowest BCUT2D eigenvalue weighted by Crippen LogP contribution is -2.39. The molecule has 2 amide bonds. The zero-order valence-electron chi connectivity index (χ0n) is 16.5. The SMILES string of the molecule is CC(=O)Nc1ccc(-c2noc([C@H]3CCCN(C(=O)c4cccc(Br)c4)C3)n2)cc1. The molecule has 1 atom stereocenters. The summed E-state index contributed by atoms with van der Waals surface area (Å²) in [6.07, 6.45) is 1.78. The van der Waals surface area contributed by atoms with Crippen LogP contribution in [0.25, 0.3) is 11.4 Å². The maximum absolute atomic E-state index is 12.9. The Morgan fingerprint density at radius 3 is 2.73 bits per heavy atom. The number of anilines is 1. The van der Waals surface area contributed by atoms with Gasteiger partial charge in [0.15, 0.2) is 0 Å². The van der Waals surface area contributed by atoms with Crippen LogP contribution in [-0.4, -0.2) is 39.9 Å². The number of aromatic nitrogens is 2. The standard InChI is InChI=1S/C22H21BrN4O3/c1-14(28)24-19-9-7-15(8-10-19)20-25-21(30-26-20)17-5-3-11-27(13-17)22(29)16-4-2-6-18(23)12-16/h2,4,6-10,12,17H,3,5,11,13H2,1H3,(H,24,28)/t17-/m0/s1. The second-order valence-electron chi connectivity index (χ2n) is 7.32. The van der Waals surface area contributed by atoms with Crippen LogP contribution in [0.3, 0.4) is 0 Å².